The second-order valence-corrected chi connectivity index (χ2v) is 8.19. The van der Waals surface area contributed by atoms with Crippen LogP contribution in [0.2, 0.25) is 0 Å². The zero-order chi connectivity index (χ0) is 21.3. The Morgan fingerprint density at radius 1 is 0.312 bits per heavy atom. The van der Waals surface area contributed by atoms with E-state index in [1.807, 2.05) is 0 Å². The van der Waals surface area contributed by atoms with Crippen LogP contribution in [0.5, 0.6) is 0 Å². The highest BCUT2D eigenvalue weighted by Gasteiger charge is 2.18. The van der Waals surface area contributed by atoms with E-state index in [2.05, 4.69) is 133 Å². The molecule has 0 saturated heterocycles. The third-order valence-corrected chi connectivity index (χ3v) is 6.22. The van der Waals surface area contributed by atoms with Gasteiger partial charge in [-0.05, 0) is 73.1 Å². The smallest absolute Gasteiger partial charge is 0.00203 e. The first-order chi connectivity index (χ1) is 15.9. The lowest BCUT2D eigenvalue weighted by Gasteiger charge is -2.20. The van der Waals surface area contributed by atoms with Gasteiger partial charge in [-0.25, -0.2) is 0 Å². The fraction of sp³-hybridized carbons (Fsp3) is 0. The lowest BCUT2D eigenvalue weighted by Crippen LogP contribution is -1.93. The zero-order valence-corrected chi connectivity index (χ0v) is 17.7. The predicted molar refractivity (Wildman–Crippen MR) is 138 cm³/mol. The van der Waals surface area contributed by atoms with Crippen molar-refractivity contribution in [2.75, 3.05) is 0 Å². The maximum absolute atomic E-state index is 2.37. The second-order valence-electron chi connectivity index (χ2n) is 8.19. The van der Waals surface area contributed by atoms with Crippen LogP contribution in [0.15, 0.2) is 133 Å². The Bertz CT molecular complexity index is 1530. The van der Waals surface area contributed by atoms with Crippen molar-refractivity contribution in [2.45, 2.75) is 0 Å². The van der Waals surface area contributed by atoms with Crippen molar-refractivity contribution in [3.63, 3.8) is 0 Å². The molecule has 0 amide bonds. The molecule has 6 aromatic rings. The van der Waals surface area contributed by atoms with Crippen LogP contribution in [-0.2, 0) is 0 Å². The summed E-state index contributed by atoms with van der Waals surface area (Å²) in [5.74, 6) is 0. The van der Waals surface area contributed by atoms with Crippen LogP contribution in [0, 0.1) is 0 Å². The first kappa shape index (κ1) is 18.6. The summed E-state index contributed by atoms with van der Waals surface area (Å²) < 4.78 is 0. The normalized spacial score (nSPS) is 11.1. The van der Waals surface area contributed by atoms with Crippen molar-refractivity contribution in [1.29, 1.82) is 0 Å². The third kappa shape index (κ3) is 3.18. The molecule has 150 valence electrons. The molecular weight excluding hydrogens is 384 g/mol. The van der Waals surface area contributed by atoms with E-state index in [0.29, 0.717) is 0 Å². The topological polar surface area (TPSA) is 0 Å². The maximum atomic E-state index is 2.37. The van der Waals surface area contributed by atoms with E-state index in [0.717, 1.165) is 0 Å². The average molecular weight is 407 g/mol. The highest BCUT2D eigenvalue weighted by molar-refractivity contribution is 6.13. The lowest BCUT2D eigenvalue weighted by atomic mass is 9.83. The van der Waals surface area contributed by atoms with Crippen LogP contribution in [0.25, 0.3) is 54.9 Å². The molecule has 32 heavy (non-hydrogen) atoms. The van der Waals surface area contributed by atoms with Gasteiger partial charge in [-0.15, -0.1) is 0 Å². The van der Waals surface area contributed by atoms with Crippen LogP contribution < -0.4 is 0 Å². The van der Waals surface area contributed by atoms with E-state index < -0.39 is 0 Å². The summed E-state index contributed by atoms with van der Waals surface area (Å²) in [6.45, 7) is 0. The standard InChI is InChI=1S/C32H22/c1-4-12-23(13-5-1)29-22-28-20-26-18-10-11-19-27(26)21-30(28)32(25-16-8-3-9-17-25)31(29)24-14-6-2-7-15-24/h1-22H. The minimum absolute atomic E-state index is 1.23. The first-order valence-corrected chi connectivity index (χ1v) is 11.0. The minimum Gasteiger partial charge on any atom is -0.0622 e. The van der Waals surface area contributed by atoms with E-state index in [-0.39, 0.29) is 0 Å². The quantitative estimate of drug-likeness (QED) is 0.257. The van der Waals surface area contributed by atoms with Gasteiger partial charge in [-0.1, -0.05) is 115 Å². The van der Waals surface area contributed by atoms with E-state index >= 15 is 0 Å². The van der Waals surface area contributed by atoms with Crippen LogP contribution in [0.3, 0.4) is 0 Å². The van der Waals surface area contributed by atoms with Gasteiger partial charge in [-0.2, -0.15) is 0 Å². The molecule has 0 atom stereocenters. The molecule has 0 fully saturated rings. The van der Waals surface area contributed by atoms with E-state index in [1.54, 1.807) is 0 Å². The summed E-state index contributed by atoms with van der Waals surface area (Å²) in [6.07, 6.45) is 0. The second kappa shape index (κ2) is 7.83. The molecule has 0 unspecified atom stereocenters. The molecule has 0 aliphatic heterocycles. The van der Waals surface area contributed by atoms with Crippen LogP contribution in [-0.4, -0.2) is 0 Å². The average Bonchev–Trinajstić information content (AvgIpc) is 2.88. The molecule has 0 nitrogen and oxygen atoms in total. The van der Waals surface area contributed by atoms with Crippen molar-refractivity contribution in [1.82, 2.24) is 0 Å². The van der Waals surface area contributed by atoms with Gasteiger partial charge < -0.3 is 0 Å². The van der Waals surface area contributed by atoms with Crippen molar-refractivity contribution in [2.24, 2.45) is 0 Å². The fourth-order valence-corrected chi connectivity index (χ4v) is 4.75. The molecule has 0 aliphatic rings. The Labute approximate surface area is 188 Å². The monoisotopic (exact) mass is 406 g/mol. The number of rotatable bonds is 3. The first-order valence-electron chi connectivity index (χ1n) is 11.0. The highest BCUT2D eigenvalue weighted by Crippen LogP contribution is 2.45. The summed E-state index contributed by atoms with van der Waals surface area (Å²) in [6, 6.07) is 48.0. The van der Waals surface area contributed by atoms with Crippen LogP contribution in [0.1, 0.15) is 0 Å². The largest absolute Gasteiger partial charge is 0.0622 e. The van der Waals surface area contributed by atoms with Gasteiger partial charge in [0.1, 0.15) is 0 Å². The molecule has 6 aromatic carbocycles. The van der Waals surface area contributed by atoms with Gasteiger partial charge in [0, 0.05) is 0 Å². The van der Waals surface area contributed by atoms with Crippen molar-refractivity contribution >= 4 is 21.5 Å². The predicted octanol–water partition coefficient (Wildman–Crippen LogP) is 8.99. The van der Waals surface area contributed by atoms with Gasteiger partial charge >= 0.3 is 0 Å². The van der Waals surface area contributed by atoms with Crippen LogP contribution in [0.4, 0.5) is 0 Å². The van der Waals surface area contributed by atoms with Crippen molar-refractivity contribution in [3.05, 3.63) is 133 Å². The molecule has 0 heterocycles. The van der Waals surface area contributed by atoms with Gasteiger partial charge in [0.05, 0.1) is 0 Å². The summed E-state index contributed by atoms with van der Waals surface area (Å²) in [5.41, 5.74) is 7.55. The number of benzene rings is 6. The number of fused-ring (bicyclic) bond motifs is 2. The van der Waals surface area contributed by atoms with Gasteiger partial charge in [0.15, 0.2) is 0 Å². The Balaban J connectivity index is 1.83. The molecule has 0 heteroatoms. The Morgan fingerprint density at radius 3 is 1.38 bits per heavy atom. The van der Waals surface area contributed by atoms with Gasteiger partial charge in [0.25, 0.3) is 0 Å². The molecule has 0 spiro atoms. The Kier molecular flexibility index (Phi) is 4.55. The maximum Gasteiger partial charge on any atom is -0.00203 e. The molecule has 0 saturated carbocycles. The van der Waals surface area contributed by atoms with E-state index in [1.165, 1.54) is 54.9 Å². The van der Waals surface area contributed by atoms with E-state index in [9.17, 15) is 0 Å². The third-order valence-electron chi connectivity index (χ3n) is 6.22. The van der Waals surface area contributed by atoms with Crippen molar-refractivity contribution < 1.29 is 0 Å². The number of hydrogen-bond donors (Lipinski definition) is 0. The van der Waals surface area contributed by atoms with Gasteiger partial charge in [-0.3, -0.25) is 0 Å². The van der Waals surface area contributed by atoms with Gasteiger partial charge in [0.2, 0.25) is 0 Å². The molecule has 0 bridgehead atoms. The molecular formula is C32H22. The van der Waals surface area contributed by atoms with Crippen LogP contribution >= 0.6 is 0 Å². The summed E-state index contributed by atoms with van der Waals surface area (Å²) >= 11 is 0. The fourth-order valence-electron chi connectivity index (χ4n) is 4.75. The SMILES string of the molecule is c1ccc(-c2cc3cc4ccccc4cc3c(-c3ccccc3)c2-c2ccccc2)cc1. The highest BCUT2D eigenvalue weighted by atomic mass is 14.2. The Morgan fingerprint density at radius 2 is 0.781 bits per heavy atom. The molecule has 6 rings (SSSR count). The molecule has 0 radical (unpaired) electrons. The van der Waals surface area contributed by atoms with E-state index in [4.69, 9.17) is 0 Å². The number of hydrogen-bond acceptors (Lipinski definition) is 0. The zero-order valence-electron chi connectivity index (χ0n) is 17.7. The Hall–Kier alpha value is -4.16. The molecule has 0 N–H and O–H groups in total. The summed E-state index contributed by atoms with van der Waals surface area (Å²) in [7, 11) is 0. The molecule has 0 aromatic heterocycles. The van der Waals surface area contributed by atoms with Crippen molar-refractivity contribution in [3.8, 4) is 33.4 Å². The summed E-state index contributed by atoms with van der Waals surface area (Å²) in [5, 5.41) is 5.09. The lowest BCUT2D eigenvalue weighted by molar-refractivity contribution is 1.59. The minimum atomic E-state index is 1.23. The summed E-state index contributed by atoms with van der Waals surface area (Å²) in [4.78, 5) is 0. The molecule has 0 aliphatic carbocycles.